The highest BCUT2D eigenvalue weighted by Gasteiger charge is 2.28. The van der Waals surface area contributed by atoms with E-state index in [1.165, 1.54) is 12.7 Å². The lowest BCUT2D eigenvalue weighted by Gasteiger charge is -2.30. The predicted molar refractivity (Wildman–Crippen MR) is 57.1 cm³/mol. The van der Waals surface area contributed by atoms with Crippen LogP contribution >= 0.6 is 0 Å². The van der Waals surface area contributed by atoms with Crippen molar-refractivity contribution in [3.8, 4) is 0 Å². The second-order valence-electron chi connectivity index (χ2n) is 4.17. The van der Waals surface area contributed by atoms with Crippen LogP contribution in [0.5, 0.6) is 0 Å². The third-order valence-electron chi connectivity index (χ3n) is 2.94. The number of likely N-dealkylation sites (tertiary alicyclic amines) is 1. The van der Waals surface area contributed by atoms with Crippen molar-refractivity contribution >= 4 is 11.9 Å². The molecule has 0 aromatic carbocycles. The topological polar surface area (TPSA) is 83.6 Å². The molecule has 0 aliphatic carbocycles. The van der Waals surface area contributed by atoms with Gasteiger partial charge in [-0.15, -0.1) is 0 Å². The third-order valence-corrected chi connectivity index (χ3v) is 2.94. The molecule has 2 heterocycles. The fraction of sp³-hybridized carbons (Fsp3) is 0.545. The number of hydrogen-bond acceptors (Lipinski definition) is 4. The summed E-state index contributed by atoms with van der Waals surface area (Å²) in [6.07, 6.45) is 4.25. The van der Waals surface area contributed by atoms with Gasteiger partial charge in [0.15, 0.2) is 6.39 Å². The molecule has 1 atom stereocenters. The number of carbonyl (C=O) groups is 2. The van der Waals surface area contributed by atoms with Crippen molar-refractivity contribution in [1.82, 2.24) is 9.88 Å². The first-order valence-electron chi connectivity index (χ1n) is 5.54. The van der Waals surface area contributed by atoms with Gasteiger partial charge < -0.3 is 14.4 Å². The van der Waals surface area contributed by atoms with E-state index in [-0.39, 0.29) is 12.3 Å². The van der Waals surface area contributed by atoms with Crippen LogP contribution in [-0.4, -0.2) is 40.0 Å². The Morgan fingerprint density at radius 2 is 2.41 bits per heavy atom. The molecule has 1 saturated heterocycles. The molecule has 1 amide bonds. The second-order valence-corrected chi connectivity index (χ2v) is 4.17. The molecular formula is C11H14N2O4. The molecule has 1 aromatic rings. The van der Waals surface area contributed by atoms with Crippen LogP contribution in [0.1, 0.15) is 18.5 Å². The van der Waals surface area contributed by atoms with Gasteiger partial charge in [0.1, 0.15) is 6.26 Å². The molecule has 1 aliphatic heterocycles. The van der Waals surface area contributed by atoms with Crippen molar-refractivity contribution in [2.45, 2.75) is 19.3 Å². The second kappa shape index (κ2) is 4.99. The van der Waals surface area contributed by atoms with Crippen molar-refractivity contribution in [1.29, 1.82) is 0 Å². The zero-order valence-corrected chi connectivity index (χ0v) is 9.33. The molecule has 92 valence electrons. The van der Waals surface area contributed by atoms with E-state index in [0.717, 1.165) is 6.42 Å². The van der Waals surface area contributed by atoms with Crippen LogP contribution in [0.4, 0.5) is 0 Å². The summed E-state index contributed by atoms with van der Waals surface area (Å²) in [7, 11) is 0. The maximum absolute atomic E-state index is 11.9. The molecule has 1 aromatic heterocycles. The molecule has 1 fully saturated rings. The lowest BCUT2D eigenvalue weighted by atomic mass is 9.98. The van der Waals surface area contributed by atoms with Gasteiger partial charge in [0.2, 0.25) is 5.91 Å². The average molecular weight is 238 g/mol. The first-order valence-corrected chi connectivity index (χ1v) is 5.54. The molecular weight excluding hydrogens is 224 g/mol. The first-order chi connectivity index (χ1) is 8.16. The summed E-state index contributed by atoms with van der Waals surface area (Å²) in [5.41, 5.74) is 0.576. The van der Waals surface area contributed by atoms with Crippen LogP contribution in [-0.2, 0) is 16.0 Å². The number of oxazole rings is 1. The smallest absolute Gasteiger partial charge is 0.308 e. The van der Waals surface area contributed by atoms with Crippen molar-refractivity contribution < 1.29 is 19.1 Å². The minimum absolute atomic E-state index is 0.0927. The largest absolute Gasteiger partial charge is 0.481 e. The number of carboxylic acids is 1. The number of amides is 1. The third kappa shape index (κ3) is 2.83. The number of aromatic nitrogens is 1. The van der Waals surface area contributed by atoms with E-state index in [4.69, 9.17) is 9.52 Å². The number of nitrogens with zero attached hydrogens (tertiary/aromatic N) is 2. The molecule has 0 radical (unpaired) electrons. The standard InChI is InChI=1S/C11H14N2O4/c14-10(4-9-6-17-7-12-9)13-3-1-2-8(5-13)11(15)16/h6-8H,1-5H2,(H,15,16). The highest BCUT2D eigenvalue weighted by molar-refractivity contribution is 5.79. The quantitative estimate of drug-likeness (QED) is 0.830. The zero-order valence-electron chi connectivity index (χ0n) is 9.33. The van der Waals surface area contributed by atoms with Gasteiger partial charge in [0.25, 0.3) is 0 Å². The molecule has 0 bridgehead atoms. The predicted octanol–water partition coefficient (Wildman–Crippen LogP) is 0.540. The van der Waals surface area contributed by atoms with E-state index in [0.29, 0.717) is 25.2 Å². The highest BCUT2D eigenvalue weighted by Crippen LogP contribution is 2.17. The van der Waals surface area contributed by atoms with Crippen molar-refractivity contribution in [2.75, 3.05) is 13.1 Å². The number of carboxylic acid groups (broad SMARTS) is 1. The molecule has 1 aliphatic rings. The molecule has 17 heavy (non-hydrogen) atoms. The normalized spacial score (nSPS) is 20.2. The van der Waals surface area contributed by atoms with Gasteiger partial charge in [-0.05, 0) is 12.8 Å². The summed E-state index contributed by atoms with van der Waals surface area (Å²) in [5, 5.41) is 8.93. The SMILES string of the molecule is O=C(O)C1CCCN(C(=O)Cc2cocn2)C1. The summed E-state index contributed by atoms with van der Waals surface area (Å²) in [4.78, 5) is 28.2. The Morgan fingerprint density at radius 3 is 3.06 bits per heavy atom. The van der Waals surface area contributed by atoms with Gasteiger partial charge in [0, 0.05) is 13.1 Å². The molecule has 6 heteroatoms. The molecule has 2 rings (SSSR count). The Labute approximate surface area is 98.2 Å². The van der Waals surface area contributed by atoms with Crippen LogP contribution in [0.15, 0.2) is 17.1 Å². The molecule has 0 spiro atoms. The summed E-state index contributed by atoms with van der Waals surface area (Å²) in [5.74, 6) is -1.36. The monoisotopic (exact) mass is 238 g/mol. The van der Waals surface area contributed by atoms with Crippen LogP contribution in [0, 0.1) is 5.92 Å². The average Bonchev–Trinajstić information content (AvgIpc) is 2.82. The Hall–Kier alpha value is -1.85. The minimum atomic E-state index is -0.830. The Morgan fingerprint density at radius 1 is 1.59 bits per heavy atom. The number of hydrogen-bond donors (Lipinski definition) is 1. The molecule has 1 N–H and O–H groups in total. The Kier molecular flexibility index (Phi) is 3.41. The lowest BCUT2D eigenvalue weighted by molar-refractivity contribution is -0.145. The van der Waals surface area contributed by atoms with Gasteiger partial charge in [-0.1, -0.05) is 0 Å². The molecule has 1 unspecified atom stereocenters. The van der Waals surface area contributed by atoms with Gasteiger partial charge in [-0.2, -0.15) is 0 Å². The van der Waals surface area contributed by atoms with Crippen LogP contribution in [0.3, 0.4) is 0 Å². The highest BCUT2D eigenvalue weighted by atomic mass is 16.4. The van der Waals surface area contributed by atoms with E-state index in [1.807, 2.05) is 0 Å². The summed E-state index contributed by atoms with van der Waals surface area (Å²) in [6, 6.07) is 0. The maximum atomic E-state index is 11.9. The number of rotatable bonds is 3. The van der Waals surface area contributed by atoms with Crippen LogP contribution in [0.2, 0.25) is 0 Å². The fourth-order valence-electron chi connectivity index (χ4n) is 2.00. The zero-order chi connectivity index (χ0) is 12.3. The van der Waals surface area contributed by atoms with E-state index in [2.05, 4.69) is 4.98 Å². The molecule has 0 saturated carbocycles. The number of aliphatic carboxylic acids is 1. The Bertz CT molecular complexity index is 402. The van der Waals surface area contributed by atoms with Gasteiger partial charge in [-0.25, -0.2) is 4.98 Å². The minimum Gasteiger partial charge on any atom is -0.481 e. The van der Waals surface area contributed by atoms with E-state index < -0.39 is 11.9 Å². The summed E-state index contributed by atoms with van der Waals surface area (Å²) < 4.78 is 4.79. The van der Waals surface area contributed by atoms with Crippen molar-refractivity contribution in [3.63, 3.8) is 0 Å². The lowest BCUT2D eigenvalue weighted by Crippen LogP contribution is -2.43. The van der Waals surface area contributed by atoms with E-state index in [9.17, 15) is 9.59 Å². The molecule has 6 nitrogen and oxygen atoms in total. The summed E-state index contributed by atoms with van der Waals surface area (Å²) in [6.45, 7) is 0.923. The Balaban J connectivity index is 1.93. The number of piperidine rings is 1. The van der Waals surface area contributed by atoms with Gasteiger partial charge >= 0.3 is 5.97 Å². The number of carbonyl (C=O) groups excluding carboxylic acids is 1. The van der Waals surface area contributed by atoms with Gasteiger partial charge in [-0.3, -0.25) is 9.59 Å². The van der Waals surface area contributed by atoms with Gasteiger partial charge in [0.05, 0.1) is 18.0 Å². The van der Waals surface area contributed by atoms with Crippen LogP contribution in [0.25, 0.3) is 0 Å². The van der Waals surface area contributed by atoms with Crippen LogP contribution < -0.4 is 0 Å². The van der Waals surface area contributed by atoms with E-state index in [1.54, 1.807) is 4.90 Å². The fourth-order valence-corrected chi connectivity index (χ4v) is 2.00. The summed E-state index contributed by atoms with van der Waals surface area (Å²) >= 11 is 0. The van der Waals surface area contributed by atoms with Crippen molar-refractivity contribution in [3.05, 3.63) is 18.4 Å². The van der Waals surface area contributed by atoms with E-state index >= 15 is 0 Å². The maximum Gasteiger partial charge on any atom is 0.308 e. The first kappa shape index (κ1) is 11.6. The van der Waals surface area contributed by atoms with Crippen molar-refractivity contribution in [2.24, 2.45) is 5.92 Å².